The number of anilines is 2. The zero-order chi connectivity index (χ0) is 14.8. The van der Waals surface area contributed by atoms with E-state index in [1.54, 1.807) is 30.6 Å². The first kappa shape index (κ1) is 13.0. The summed E-state index contributed by atoms with van der Waals surface area (Å²) in [4.78, 5) is 20.4. The van der Waals surface area contributed by atoms with E-state index in [4.69, 9.17) is 5.73 Å². The quantitative estimate of drug-likeness (QED) is 0.708. The Morgan fingerprint density at radius 2 is 1.81 bits per heavy atom. The Labute approximate surface area is 119 Å². The average molecular weight is 282 g/mol. The number of amides is 1. The highest BCUT2D eigenvalue weighted by Gasteiger charge is 2.10. The highest BCUT2D eigenvalue weighted by atomic mass is 19.1. The minimum atomic E-state index is -0.580. The predicted molar refractivity (Wildman–Crippen MR) is 78.3 cm³/mol. The lowest BCUT2D eigenvalue weighted by Crippen LogP contribution is -2.13. The first-order valence-corrected chi connectivity index (χ1v) is 6.20. The van der Waals surface area contributed by atoms with Crippen molar-refractivity contribution in [3.05, 3.63) is 60.2 Å². The fourth-order valence-corrected chi connectivity index (χ4v) is 1.93. The molecule has 0 unspecified atom stereocenters. The third-order valence-corrected chi connectivity index (χ3v) is 2.97. The van der Waals surface area contributed by atoms with Crippen LogP contribution in [-0.4, -0.2) is 15.9 Å². The second-order valence-electron chi connectivity index (χ2n) is 4.45. The summed E-state index contributed by atoms with van der Waals surface area (Å²) in [5, 5.41) is 2.50. The number of nitrogens with two attached hydrogens (primary N) is 1. The molecule has 5 nitrogen and oxygen atoms in total. The van der Waals surface area contributed by atoms with E-state index in [1.165, 1.54) is 12.1 Å². The molecule has 1 amide bonds. The van der Waals surface area contributed by atoms with Crippen LogP contribution in [0.1, 0.15) is 10.4 Å². The van der Waals surface area contributed by atoms with E-state index in [0.717, 1.165) is 6.07 Å². The number of halogens is 1. The van der Waals surface area contributed by atoms with Gasteiger partial charge in [-0.2, -0.15) is 0 Å². The maximum absolute atomic E-state index is 13.7. The number of benzene rings is 2. The number of nitrogens with zero attached hydrogens (tertiary/aromatic N) is 2. The smallest absolute Gasteiger partial charge is 0.255 e. The van der Waals surface area contributed by atoms with Crippen LogP contribution < -0.4 is 11.1 Å². The molecule has 3 N–H and O–H groups in total. The van der Waals surface area contributed by atoms with Gasteiger partial charge >= 0.3 is 0 Å². The molecule has 0 aliphatic heterocycles. The van der Waals surface area contributed by atoms with Crippen LogP contribution in [0.15, 0.2) is 48.8 Å². The van der Waals surface area contributed by atoms with Gasteiger partial charge in [-0.15, -0.1) is 0 Å². The molecule has 0 saturated carbocycles. The number of nitrogen functional groups attached to an aromatic ring is 1. The van der Waals surface area contributed by atoms with Gasteiger partial charge < -0.3 is 11.1 Å². The van der Waals surface area contributed by atoms with Crippen molar-refractivity contribution in [3.8, 4) is 0 Å². The van der Waals surface area contributed by atoms with E-state index in [2.05, 4.69) is 15.3 Å². The van der Waals surface area contributed by atoms with Crippen molar-refractivity contribution in [2.45, 2.75) is 0 Å². The Balaban J connectivity index is 1.89. The van der Waals surface area contributed by atoms with E-state index < -0.39 is 11.7 Å². The summed E-state index contributed by atoms with van der Waals surface area (Å²) in [6.07, 6.45) is 3.12. The lowest BCUT2D eigenvalue weighted by atomic mass is 10.1. The van der Waals surface area contributed by atoms with Crippen molar-refractivity contribution in [1.82, 2.24) is 9.97 Å². The van der Waals surface area contributed by atoms with Gasteiger partial charge in [-0.1, -0.05) is 0 Å². The van der Waals surface area contributed by atoms with Crippen molar-refractivity contribution < 1.29 is 9.18 Å². The van der Waals surface area contributed by atoms with Crippen LogP contribution in [0.25, 0.3) is 11.0 Å². The minimum absolute atomic E-state index is 0.0773. The largest absolute Gasteiger partial charge is 0.399 e. The summed E-state index contributed by atoms with van der Waals surface area (Å²) in [6.45, 7) is 0. The van der Waals surface area contributed by atoms with Crippen molar-refractivity contribution in [1.29, 1.82) is 0 Å². The van der Waals surface area contributed by atoms with Gasteiger partial charge in [-0.25, -0.2) is 4.39 Å². The second-order valence-corrected chi connectivity index (χ2v) is 4.45. The molecule has 0 atom stereocenters. The molecule has 0 radical (unpaired) electrons. The number of nitrogens with one attached hydrogen (secondary N) is 1. The van der Waals surface area contributed by atoms with Crippen LogP contribution >= 0.6 is 0 Å². The molecule has 3 aromatic rings. The fraction of sp³-hybridized carbons (Fsp3) is 0. The average Bonchev–Trinajstić information content (AvgIpc) is 2.49. The lowest BCUT2D eigenvalue weighted by molar-refractivity contribution is 0.102. The number of carbonyl (C=O) groups excluding carboxylic acids is 1. The van der Waals surface area contributed by atoms with Gasteiger partial charge in [-0.3, -0.25) is 14.8 Å². The number of rotatable bonds is 2. The summed E-state index contributed by atoms with van der Waals surface area (Å²) in [5.41, 5.74) is 7.50. The topological polar surface area (TPSA) is 80.9 Å². The van der Waals surface area contributed by atoms with Gasteiger partial charge in [0.2, 0.25) is 0 Å². The number of hydrogen-bond acceptors (Lipinski definition) is 4. The maximum atomic E-state index is 13.7. The summed E-state index contributed by atoms with van der Waals surface area (Å²) >= 11 is 0. The Bertz CT molecular complexity index is 835. The SMILES string of the molecule is Nc1ccc(NC(=O)c2ccc3nccnc3c2)c(F)c1. The summed E-state index contributed by atoms with van der Waals surface area (Å²) in [5.74, 6) is -1.00. The molecule has 21 heavy (non-hydrogen) atoms. The highest BCUT2D eigenvalue weighted by molar-refractivity contribution is 6.06. The summed E-state index contributed by atoms with van der Waals surface area (Å²) in [7, 11) is 0. The monoisotopic (exact) mass is 282 g/mol. The number of carbonyl (C=O) groups is 1. The normalized spacial score (nSPS) is 10.5. The molecule has 0 saturated heterocycles. The molecule has 2 aromatic carbocycles. The molecule has 3 rings (SSSR count). The standard InChI is InChI=1S/C15H11FN4O/c16-11-8-10(17)2-4-12(11)20-15(21)9-1-3-13-14(7-9)19-6-5-18-13/h1-8H,17H2,(H,20,21). The van der Waals surface area contributed by atoms with Gasteiger partial charge in [0, 0.05) is 23.6 Å². The number of hydrogen-bond donors (Lipinski definition) is 2. The zero-order valence-electron chi connectivity index (χ0n) is 10.9. The minimum Gasteiger partial charge on any atom is -0.399 e. The van der Waals surface area contributed by atoms with E-state index in [0.29, 0.717) is 22.3 Å². The predicted octanol–water partition coefficient (Wildman–Crippen LogP) is 2.60. The first-order chi connectivity index (χ1) is 10.1. The molecule has 0 aliphatic carbocycles. The van der Waals surface area contributed by atoms with Gasteiger partial charge in [0.15, 0.2) is 0 Å². The van der Waals surface area contributed by atoms with Crippen LogP contribution in [-0.2, 0) is 0 Å². The van der Waals surface area contributed by atoms with Crippen LogP contribution in [0.5, 0.6) is 0 Å². The van der Waals surface area contributed by atoms with E-state index in [9.17, 15) is 9.18 Å². The molecular formula is C15H11FN4O. The van der Waals surface area contributed by atoms with Crippen LogP contribution in [0.4, 0.5) is 15.8 Å². The highest BCUT2D eigenvalue weighted by Crippen LogP contribution is 2.18. The summed E-state index contributed by atoms with van der Waals surface area (Å²) in [6, 6.07) is 9.00. The number of aromatic nitrogens is 2. The van der Waals surface area contributed by atoms with Crippen LogP contribution in [0.2, 0.25) is 0 Å². The molecule has 104 valence electrons. The summed E-state index contributed by atoms with van der Waals surface area (Å²) < 4.78 is 13.7. The van der Waals surface area contributed by atoms with Crippen LogP contribution in [0, 0.1) is 5.82 Å². The maximum Gasteiger partial charge on any atom is 0.255 e. The Kier molecular flexibility index (Phi) is 3.19. The van der Waals surface area contributed by atoms with Crippen molar-refractivity contribution in [2.24, 2.45) is 0 Å². The van der Waals surface area contributed by atoms with E-state index in [-0.39, 0.29) is 5.69 Å². The van der Waals surface area contributed by atoms with Crippen molar-refractivity contribution >= 4 is 28.3 Å². The van der Waals surface area contributed by atoms with Gasteiger partial charge in [-0.05, 0) is 36.4 Å². The Hall–Kier alpha value is -3.02. The third kappa shape index (κ3) is 2.64. The molecule has 0 aliphatic rings. The molecule has 1 aromatic heterocycles. The fourth-order valence-electron chi connectivity index (χ4n) is 1.93. The second kappa shape index (κ2) is 5.16. The zero-order valence-corrected chi connectivity index (χ0v) is 10.9. The Morgan fingerprint density at radius 1 is 1.05 bits per heavy atom. The third-order valence-electron chi connectivity index (χ3n) is 2.97. The molecule has 1 heterocycles. The molecular weight excluding hydrogens is 271 g/mol. The molecule has 0 fully saturated rings. The van der Waals surface area contributed by atoms with Gasteiger partial charge in [0.25, 0.3) is 5.91 Å². The molecule has 6 heteroatoms. The lowest BCUT2D eigenvalue weighted by Gasteiger charge is -2.07. The molecule has 0 spiro atoms. The van der Waals surface area contributed by atoms with Crippen molar-refractivity contribution in [2.75, 3.05) is 11.1 Å². The van der Waals surface area contributed by atoms with Crippen LogP contribution in [0.3, 0.4) is 0 Å². The number of fused-ring (bicyclic) bond motifs is 1. The van der Waals surface area contributed by atoms with Gasteiger partial charge in [0.05, 0.1) is 16.7 Å². The van der Waals surface area contributed by atoms with E-state index in [1.807, 2.05) is 0 Å². The van der Waals surface area contributed by atoms with E-state index >= 15 is 0 Å². The molecule has 0 bridgehead atoms. The first-order valence-electron chi connectivity index (χ1n) is 6.20. The van der Waals surface area contributed by atoms with Gasteiger partial charge in [0.1, 0.15) is 5.82 Å². The Morgan fingerprint density at radius 3 is 2.57 bits per heavy atom. The van der Waals surface area contributed by atoms with Crippen molar-refractivity contribution in [3.63, 3.8) is 0 Å².